The average molecular weight is 459 g/mol. The average Bonchev–Trinajstić information content (AvgIpc) is 3.51. The van der Waals surface area contributed by atoms with Crippen LogP contribution in [0.1, 0.15) is 43.0 Å². The Bertz CT molecular complexity index is 1280. The first-order valence-corrected chi connectivity index (χ1v) is 11.5. The summed E-state index contributed by atoms with van der Waals surface area (Å²) in [6.45, 7) is 4.94. The van der Waals surface area contributed by atoms with Crippen LogP contribution >= 0.6 is 0 Å². The molecule has 3 aromatic rings. The molecule has 2 aliphatic rings. The highest BCUT2D eigenvalue weighted by molar-refractivity contribution is 5.81. The van der Waals surface area contributed by atoms with E-state index in [4.69, 9.17) is 14.0 Å². The summed E-state index contributed by atoms with van der Waals surface area (Å²) in [6.07, 6.45) is 1.31. The van der Waals surface area contributed by atoms with Gasteiger partial charge in [0, 0.05) is 31.2 Å². The largest absolute Gasteiger partial charge is 0.490 e. The molecule has 0 spiro atoms. The molecule has 0 radical (unpaired) electrons. The second-order valence-electron chi connectivity index (χ2n) is 8.98. The van der Waals surface area contributed by atoms with Crippen LogP contribution in [0.3, 0.4) is 0 Å². The molecule has 2 heterocycles. The number of benzene rings is 2. The molecule has 2 aromatic carbocycles. The van der Waals surface area contributed by atoms with Gasteiger partial charge in [-0.3, -0.25) is 4.79 Å². The fourth-order valence-electron chi connectivity index (χ4n) is 5.06. The van der Waals surface area contributed by atoms with E-state index in [1.54, 1.807) is 19.2 Å². The molecule has 0 saturated carbocycles. The molecule has 8 heteroatoms. The smallest absolute Gasteiger partial charge is 0.258 e. The van der Waals surface area contributed by atoms with Crippen LogP contribution in [-0.4, -0.2) is 47.3 Å². The Morgan fingerprint density at radius 3 is 2.88 bits per heavy atom. The van der Waals surface area contributed by atoms with Gasteiger partial charge in [0.2, 0.25) is 11.7 Å². The molecular formula is C26H26N4O4. The van der Waals surface area contributed by atoms with Crippen molar-refractivity contribution < 1.29 is 18.8 Å². The van der Waals surface area contributed by atoms with E-state index >= 15 is 0 Å². The summed E-state index contributed by atoms with van der Waals surface area (Å²) >= 11 is 0. The molecule has 1 saturated heterocycles. The maximum absolute atomic E-state index is 12.6. The lowest BCUT2D eigenvalue weighted by molar-refractivity contribution is -0.129. The number of likely N-dealkylation sites (tertiary alicyclic amines) is 1. The van der Waals surface area contributed by atoms with Gasteiger partial charge in [0.05, 0.1) is 24.3 Å². The summed E-state index contributed by atoms with van der Waals surface area (Å²) in [7, 11) is 1.65. The molecule has 34 heavy (non-hydrogen) atoms. The Hall–Kier alpha value is -3.70. The lowest BCUT2D eigenvalue weighted by Crippen LogP contribution is -2.31. The summed E-state index contributed by atoms with van der Waals surface area (Å²) in [6, 6.07) is 13.6. The number of hydrogen-bond acceptors (Lipinski definition) is 7. The van der Waals surface area contributed by atoms with Crippen molar-refractivity contribution in [1.29, 1.82) is 5.26 Å². The third-order valence-corrected chi connectivity index (χ3v) is 6.45. The lowest BCUT2D eigenvalue weighted by atomic mass is 10.0. The van der Waals surface area contributed by atoms with Gasteiger partial charge in [0.15, 0.2) is 0 Å². The van der Waals surface area contributed by atoms with Crippen LogP contribution in [0.15, 0.2) is 40.9 Å². The first-order valence-electron chi connectivity index (χ1n) is 11.5. The van der Waals surface area contributed by atoms with Crippen molar-refractivity contribution in [3.05, 3.63) is 53.1 Å². The normalized spacial score (nSPS) is 18.8. The molecule has 5 rings (SSSR count). The predicted octanol–water partition coefficient (Wildman–Crippen LogP) is 4.15. The van der Waals surface area contributed by atoms with Gasteiger partial charge < -0.3 is 18.9 Å². The molecule has 1 aliphatic carbocycles. The van der Waals surface area contributed by atoms with Gasteiger partial charge in [0.25, 0.3) is 5.89 Å². The van der Waals surface area contributed by atoms with E-state index in [0.29, 0.717) is 48.2 Å². The maximum Gasteiger partial charge on any atom is 0.258 e. The Labute approximate surface area is 198 Å². The van der Waals surface area contributed by atoms with Crippen LogP contribution in [0.4, 0.5) is 0 Å². The van der Waals surface area contributed by atoms with Crippen molar-refractivity contribution in [1.82, 2.24) is 15.0 Å². The van der Waals surface area contributed by atoms with Crippen molar-refractivity contribution in [3.63, 3.8) is 0 Å². The van der Waals surface area contributed by atoms with Crippen LogP contribution < -0.4 is 4.74 Å². The second kappa shape index (κ2) is 8.92. The number of aromatic nitrogens is 2. The van der Waals surface area contributed by atoms with Crippen LogP contribution in [0.2, 0.25) is 0 Å². The predicted molar refractivity (Wildman–Crippen MR) is 124 cm³/mol. The number of carbonyl (C=O) groups is 1. The highest BCUT2D eigenvalue weighted by atomic mass is 16.5. The number of ether oxygens (including phenoxy) is 2. The first-order chi connectivity index (χ1) is 16.5. The van der Waals surface area contributed by atoms with Crippen molar-refractivity contribution in [2.24, 2.45) is 5.92 Å². The summed E-state index contributed by atoms with van der Waals surface area (Å²) in [5.74, 6) is 1.81. The zero-order valence-electron chi connectivity index (χ0n) is 19.4. The van der Waals surface area contributed by atoms with Crippen LogP contribution in [0, 0.1) is 17.2 Å². The van der Waals surface area contributed by atoms with Gasteiger partial charge in [-0.05, 0) is 55.5 Å². The number of hydrogen-bond donors (Lipinski definition) is 0. The van der Waals surface area contributed by atoms with Gasteiger partial charge in [-0.1, -0.05) is 23.4 Å². The molecule has 1 aliphatic heterocycles. The van der Waals surface area contributed by atoms with E-state index in [0.717, 1.165) is 23.1 Å². The van der Waals surface area contributed by atoms with E-state index in [1.807, 2.05) is 36.9 Å². The second-order valence-corrected chi connectivity index (χ2v) is 8.98. The molecule has 0 N–H and O–H groups in total. The standard InChI is InChI=1S/C26H26N4O4/c1-15(2)33-22-8-7-16(11-18(22)14-27)26-28-25(29-34-26)20-6-4-5-19-21(20)12-17-13-23(31)30(24(17)19)9-10-32-3/h4-8,11,15,17,24H,9-10,12-13H2,1-3H3/t17-,24+/m0/s1. The highest BCUT2D eigenvalue weighted by Crippen LogP contribution is 2.49. The van der Waals surface area contributed by atoms with Gasteiger partial charge in [-0.15, -0.1) is 0 Å². The number of carbonyl (C=O) groups excluding carboxylic acids is 1. The number of rotatable bonds is 7. The Morgan fingerprint density at radius 2 is 2.12 bits per heavy atom. The number of methoxy groups -OCH3 is 1. The monoisotopic (exact) mass is 458 g/mol. The minimum Gasteiger partial charge on any atom is -0.490 e. The van der Waals surface area contributed by atoms with Crippen molar-refractivity contribution >= 4 is 5.91 Å². The minimum atomic E-state index is -0.0339. The third-order valence-electron chi connectivity index (χ3n) is 6.45. The van der Waals surface area contributed by atoms with E-state index in [1.165, 1.54) is 0 Å². The van der Waals surface area contributed by atoms with Gasteiger partial charge in [-0.2, -0.15) is 10.2 Å². The van der Waals surface area contributed by atoms with E-state index in [-0.39, 0.29) is 24.0 Å². The fraction of sp³-hybridized carbons (Fsp3) is 0.385. The van der Waals surface area contributed by atoms with Gasteiger partial charge in [0.1, 0.15) is 11.8 Å². The van der Waals surface area contributed by atoms with Gasteiger partial charge in [-0.25, -0.2) is 0 Å². The van der Waals surface area contributed by atoms with E-state index in [2.05, 4.69) is 22.3 Å². The quantitative estimate of drug-likeness (QED) is 0.524. The lowest BCUT2D eigenvalue weighted by Gasteiger charge is -2.25. The van der Waals surface area contributed by atoms with Gasteiger partial charge >= 0.3 is 0 Å². The number of amides is 1. The Morgan fingerprint density at radius 1 is 1.26 bits per heavy atom. The van der Waals surface area contributed by atoms with Crippen molar-refractivity contribution in [2.45, 2.75) is 38.8 Å². The fourth-order valence-corrected chi connectivity index (χ4v) is 5.06. The molecule has 0 bridgehead atoms. The summed E-state index contributed by atoms with van der Waals surface area (Å²) in [4.78, 5) is 19.1. The van der Waals surface area contributed by atoms with E-state index in [9.17, 15) is 10.1 Å². The molecule has 8 nitrogen and oxygen atoms in total. The molecule has 0 unspecified atom stereocenters. The molecule has 174 valence electrons. The minimum absolute atomic E-state index is 0.0339. The number of nitrogens with zero attached hydrogens (tertiary/aromatic N) is 4. The Balaban J connectivity index is 1.46. The summed E-state index contributed by atoms with van der Waals surface area (Å²) in [5.41, 5.74) is 4.31. The van der Waals surface area contributed by atoms with Crippen LogP contribution in [0.5, 0.6) is 5.75 Å². The molecule has 1 fully saturated rings. The zero-order chi connectivity index (χ0) is 23.8. The maximum atomic E-state index is 12.6. The number of nitriles is 1. The third kappa shape index (κ3) is 3.82. The SMILES string of the molecule is COCCN1C(=O)C[C@@H]2Cc3c(-c4noc(-c5ccc(OC(C)C)c(C#N)c5)n4)cccc3[C@@H]21. The summed E-state index contributed by atoms with van der Waals surface area (Å²) in [5, 5.41) is 13.8. The molecule has 1 aromatic heterocycles. The van der Waals surface area contributed by atoms with Crippen molar-refractivity contribution in [2.75, 3.05) is 20.3 Å². The molecule has 1 amide bonds. The first kappa shape index (κ1) is 22.1. The molecular weight excluding hydrogens is 432 g/mol. The topological polar surface area (TPSA) is 101 Å². The number of fused-ring (bicyclic) bond motifs is 3. The van der Waals surface area contributed by atoms with Crippen LogP contribution in [0.25, 0.3) is 22.8 Å². The van der Waals surface area contributed by atoms with Crippen molar-refractivity contribution in [3.8, 4) is 34.7 Å². The van der Waals surface area contributed by atoms with Crippen LogP contribution in [-0.2, 0) is 16.0 Å². The summed E-state index contributed by atoms with van der Waals surface area (Å²) < 4.78 is 16.5. The Kier molecular flexibility index (Phi) is 5.80. The zero-order valence-corrected chi connectivity index (χ0v) is 19.4. The highest BCUT2D eigenvalue weighted by Gasteiger charge is 2.46. The van der Waals surface area contributed by atoms with E-state index < -0.39 is 0 Å². The molecule has 2 atom stereocenters.